The number of thiazole rings is 1. The SMILES string of the molecule is C[C@@H](C(=O)N[C@H](C(=O)N1C[C@@H](NC(=O)COCCOCCOCCOCCOc2cc3nccc(Nc4ccc5scnc5c4)c3cc2S(=O)(=O)C(C)(C)C)C[C@H]1C(=O)O)C(C)(C)C)N(C)C(=O)OC(C)(C)C. The van der Waals surface area contributed by atoms with E-state index in [1.54, 1.807) is 104 Å². The molecule has 2 aromatic carbocycles. The summed E-state index contributed by atoms with van der Waals surface area (Å²) in [5.74, 6) is -2.87. The van der Waals surface area contributed by atoms with Crippen molar-refractivity contribution in [2.75, 3.05) is 78.4 Å². The van der Waals surface area contributed by atoms with Gasteiger partial charge in [-0.3, -0.25) is 24.3 Å². The molecule has 73 heavy (non-hydrogen) atoms. The van der Waals surface area contributed by atoms with Gasteiger partial charge >= 0.3 is 12.1 Å². The highest BCUT2D eigenvalue weighted by Crippen LogP contribution is 2.38. The molecule has 4 N–H and O–H groups in total. The zero-order chi connectivity index (χ0) is 53.9. The molecule has 0 unspecified atom stereocenters. The number of fused-ring (bicyclic) bond motifs is 2. The lowest BCUT2D eigenvalue weighted by Crippen LogP contribution is -2.59. The standard InChI is InChI=1S/C50H71N7O14S2/c1-31(56(11)47(63)71-49(5,6)7)44(59)55-43(48(2,3)4)45(60)57-28-33(25-38(57)46(61)62)54-42(58)29-69-21-20-67-17-16-66-18-19-68-22-23-70-39-27-36-34(26-41(39)73(64,65)50(8,9)10)35(14-15-51-36)53-32-12-13-40-37(24-32)52-30-72-40/h12-15,24,26-27,30-31,33,38,43H,16-23,25,28-29H2,1-11H3,(H,51,53)(H,54,58)(H,55,59)(H,61,62)/t31-,33-,38-,43+/m0/s1. The maximum Gasteiger partial charge on any atom is 0.410 e. The van der Waals surface area contributed by atoms with Gasteiger partial charge in [0.25, 0.3) is 0 Å². The average Bonchev–Trinajstić information content (AvgIpc) is 3.96. The van der Waals surface area contributed by atoms with Crippen LogP contribution in [-0.4, -0.2) is 171 Å². The molecular weight excluding hydrogens is 987 g/mol. The summed E-state index contributed by atoms with van der Waals surface area (Å²) in [6.45, 7) is 17.7. The third kappa shape index (κ3) is 16.1. The van der Waals surface area contributed by atoms with Crippen molar-refractivity contribution in [2.45, 2.75) is 115 Å². The highest BCUT2D eigenvalue weighted by atomic mass is 32.2. The van der Waals surface area contributed by atoms with Crippen LogP contribution in [0.1, 0.15) is 75.7 Å². The number of aliphatic carboxylic acids is 1. The summed E-state index contributed by atoms with van der Waals surface area (Å²) in [4.78, 5) is 76.1. The van der Waals surface area contributed by atoms with E-state index in [9.17, 15) is 37.5 Å². The number of carboxylic acids is 1. The maximum atomic E-state index is 13.9. The number of nitrogens with zero attached hydrogens (tertiary/aromatic N) is 4. The van der Waals surface area contributed by atoms with Crippen molar-refractivity contribution in [3.05, 3.63) is 48.1 Å². The van der Waals surface area contributed by atoms with E-state index in [1.165, 1.54) is 14.0 Å². The molecule has 4 aromatic rings. The molecule has 21 nitrogen and oxygen atoms in total. The molecule has 1 aliphatic heterocycles. The highest BCUT2D eigenvalue weighted by Gasteiger charge is 2.46. The van der Waals surface area contributed by atoms with Gasteiger partial charge in [-0.2, -0.15) is 0 Å². The summed E-state index contributed by atoms with van der Waals surface area (Å²) in [6, 6.07) is 6.76. The topological polar surface area (TPSA) is 263 Å². The summed E-state index contributed by atoms with van der Waals surface area (Å²) < 4.78 is 61.2. The van der Waals surface area contributed by atoms with Crippen molar-refractivity contribution in [1.29, 1.82) is 0 Å². The normalized spacial score (nSPS) is 16.2. The highest BCUT2D eigenvalue weighted by molar-refractivity contribution is 7.92. The number of likely N-dealkylation sites (N-methyl/N-ethyl adjacent to an activating group) is 1. The van der Waals surface area contributed by atoms with E-state index < -0.39 is 79.6 Å². The largest absolute Gasteiger partial charge is 0.490 e. The van der Waals surface area contributed by atoms with Crippen LogP contribution < -0.4 is 20.7 Å². The number of pyridine rings is 1. The molecule has 4 amide bonds. The number of rotatable bonds is 24. The van der Waals surface area contributed by atoms with Crippen molar-refractivity contribution in [3.63, 3.8) is 0 Å². The zero-order valence-electron chi connectivity index (χ0n) is 43.6. The second-order valence-electron chi connectivity index (χ2n) is 20.6. The van der Waals surface area contributed by atoms with Gasteiger partial charge < -0.3 is 54.4 Å². The van der Waals surface area contributed by atoms with Crippen molar-refractivity contribution in [1.82, 2.24) is 30.4 Å². The fourth-order valence-electron chi connectivity index (χ4n) is 7.47. The summed E-state index contributed by atoms with van der Waals surface area (Å²) in [7, 11) is -2.44. The fraction of sp³-hybridized carbons (Fsp3) is 0.580. The molecule has 4 atom stereocenters. The Bertz CT molecular complexity index is 2680. The van der Waals surface area contributed by atoms with E-state index in [0.29, 0.717) is 16.6 Å². The van der Waals surface area contributed by atoms with Gasteiger partial charge in [-0.1, -0.05) is 20.8 Å². The van der Waals surface area contributed by atoms with E-state index in [2.05, 4.69) is 25.9 Å². The summed E-state index contributed by atoms with van der Waals surface area (Å²) in [5.41, 5.74) is 3.03. The smallest absolute Gasteiger partial charge is 0.410 e. The second kappa shape index (κ2) is 25.0. The first-order chi connectivity index (χ1) is 34.2. The third-order valence-electron chi connectivity index (χ3n) is 11.6. The molecule has 0 aliphatic carbocycles. The Hall–Kier alpha value is -5.72. The molecule has 1 aliphatic rings. The van der Waals surface area contributed by atoms with Gasteiger partial charge in [-0.05, 0) is 84.2 Å². The van der Waals surface area contributed by atoms with Crippen molar-refractivity contribution in [3.8, 4) is 5.75 Å². The lowest BCUT2D eigenvalue weighted by atomic mass is 9.85. The predicted octanol–water partition coefficient (Wildman–Crippen LogP) is 5.56. The van der Waals surface area contributed by atoms with Crippen LogP contribution in [0.25, 0.3) is 21.1 Å². The Morgan fingerprint density at radius 3 is 2.08 bits per heavy atom. The quantitative estimate of drug-likeness (QED) is 0.0626. The lowest BCUT2D eigenvalue weighted by molar-refractivity contribution is -0.151. The van der Waals surface area contributed by atoms with Crippen LogP contribution in [0.3, 0.4) is 0 Å². The molecule has 0 bridgehead atoms. The number of ether oxygens (including phenoxy) is 6. The number of aromatic nitrogens is 2. The van der Waals surface area contributed by atoms with Gasteiger partial charge in [0.1, 0.15) is 47.6 Å². The fourth-order valence-corrected chi connectivity index (χ4v) is 9.45. The zero-order valence-corrected chi connectivity index (χ0v) is 45.2. The van der Waals surface area contributed by atoms with Crippen LogP contribution in [0.15, 0.2) is 53.0 Å². The molecule has 23 heteroatoms. The number of carbonyl (C=O) groups is 5. The molecular formula is C50H71N7O14S2. The van der Waals surface area contributed by atoms with Crippen LogP contribution >= 0.6 is 11.3 Å². The molecule has 0 saturated carbocycles. The lowest BCUT2D eigenvalue weighted by Gasteiger charge is -2.36. The molecule has 3 heterocycles. The molecule has 1 fully saturated rings. The minimum Gasteiger partial charge on any atom is -0.490 e. The van der Waals surface area contributed by atoms with Gasteiger partial charge in [0.15, 0.2) is 9.84 Å². The minimum atomic E-state index is -3.84. The minimum absolute atomic E-state index is 0.0482. The number of hydrogen-bond acceptors (Lipinski definition) is 17. The molecule has 5 rings (SSSR count). The van der Waals surface area contributed by atoms with E-state index in [-0.39, 0.29) is 83.1 Å². The second-order valence-corrected chi connectivity index (χ2v) is 24.2. The molecule has 2 aromatic heterocycles. The van der Waals surface area contributed by atoms with Gasteiger partial charge in [-0.15, -0.1) is 11.3 Å². The van der Waals surface area contributed by atoms with Gasteiger partial charge in [0.2, 0.25) is 17.7 Å². The van der Waals surface area contributed by atoms with Crippen LogP contribution in [0.2, 0.25) is 0 Å². The summed E-state index contributed by atoms with van der Waals surface area (Å²) in [5, 5.41) is 19.5. The van der Waals surface area contributed by atoms with Crippen LogP contribution in [-0.2, 0) is 52.7 Å². The molecule has 402 valence electrons. The Labute approximate surface area is 430 Å². The summed E-state index contributed by atoms with van der Waals surface area (Å²) in [6.07, 6.45) is 0.864. The van der Waals surface area contributed by atoms with Gasteiger partial charge in [0.05, 0.1) is 72.2 Å². The number of nitrogens with one attached hydrogen (secondary N) is 3. The van der Waals surface area contributed by atoms with E-state index in [1.807, 2.05) is 18.2 Å². The first-order valence-corrected chi connectivity index (χ1v) is 26.3. The monoisotopic (exact) mass is 1060 g/mol. The van der Waals surface area contributed by atoms with Crippen LogP contribution in [0, 0.1) is 5.41 Å². The third-order valence-corrected chi connectivity index (χ3v) is 14.9. The number of anilines is 2. The number of benzene rings is 2. The number of carbonyl (C=O) groups excluding carboxylic acids is 4. The van der Waals surface area contributed by atoms with Crippen LogP contribution in [0.5, 0.6) is 5.75 Å². The van der Waals surface area contributed by atoms with Gasteiger partial charge in [0, 0.05) is 55.1 Å². The number of likely N-dealkylation sites (tertiary alicyclic amines) is 1. The first-order valence-electron chi connectivity index (χ1n) is 24.0. The Morgan fingerprint density at radius 1 is 0.849 bits per heavy atom. The van der Waals surface area contributed by atoms with Crippen molar-refractivity contribution < 1.29 is 65.9 Å². The Morgan fingerprint density at radius 2 is 1.48 bits per heavy atom. The molecule has 0 spiro atoms. The van der Waals surface area contributed by atoms with E-state index in [4.69, 9.17) is 28.4 Å². The number of amides is 4. The summed E-state index contributed by atoms with van der Waals surface area (Å²) >= 11 is 1.55. The first kappa shape index (κ1) is 58.2. The number of hydrogen-bond donors (Lipinski definition) is 4. The van der Waals surface area contributed by atoms with E-state index >= 15 is 0 Å². The Balaban J connectivity index is 0.983. The van der Waals surface area contributed by atoms with Crippen molar-refractivity contribution >= 4 is 83.5 Å². The Kier molecular flexibility index (Phi) is 19.9. The van der Waals surface area contributed by atoms with E-state index in [0.717, 1.165) is 25.7 Å². The predicted molar refractivity (Wildman–Crippen MR) is 275 cm³/mol. The average molecular weight is 1060 g/mol. The van der Waals surface area contributed by atoms with Gasteiger partial charge in [-0.25, -0.2) is 23.0 Å². The number of sulfone groups is 1. The van der Waals surface area contributed by atoms with Crippen LogP contribution in [0.4, 0.5) is 16.2 Å². The molecule has 0 radical (unpaired) electrons. The maximum absolute atomic E-state index is 13.9. The number of carboxylic acid groups (broad SMARTS) is 1. The molecule has 1 saturated heterocycles. The van der Waals surface area contributed by atoms with Crippen molar-refractivity contribution in [2.24, 2.45) is 5.41 Å².